The van der Waals surface area contributed by atoms with Crippen LogP contribution in [0, 0.1) is 5.92 Å². The average Bonchev–Trinajstić information content (AvgIpc) is 3.66. The molecule has 2 aliphatic rings. The number of pyridine rings is 2. The average molecular weight is 467 g/mol. The van der Waals surface area contributed by atoms with E-state index < -0.39 is 5.41 Å². The largest absolute Gasteiger partial charge is 0.468 e. The molecule has 1 N–H and O–H groups in total. The first kappa shape index (κ1) is 24.5. The van der Waals surface area contributed by atoms with E-state index >= 15 is 0 Å². The molecule has 0 bridgehead atoms. The summed E-state index contributed by atoms with van der Waals surface area (Å²) < 4.78 is 10.8. The summed E-state index contributed by atoms with van der Waals surface area (Å²) in [6.07, 6.45) is 9.51. The summed E-state index contributed by atoms with van der Waals surface area (Å²) in [5.41, 5.74) is 3.36. The van der Waals surface area contributed by atoms with Crippen molar-refractivity contribution >= 4 is 23.2 Å². The van der Waals surface area contributed by atoms with Crippen molar-refractivity contribution in [3.8, 4) is 0 Å². The standard InChI is InChI=1S/C27H38N4O3/c1-5-6-20-7-8-25(29-16-20)30-22-15-24(27(11-12-27)26(32)33-4)28-17-23(22)31(18-19(2)3)21-9-13-34-14-10-21/h7-8,15-17,19,21H,5-6,9-14,18H2,1-4H3,(H,28,29,30). The zero-order valence-electron chi connectivity index (χ0n) is 21.0. The molecule has 1 saturated carbocycles. The summed E-state index contributed by atoms with van der Waals surface area (Å²) >= 11 is 0. The van der Waals surface area contributed by atoms with Gasteiger partial charge in [-0.15, -0.1) is 0 Å². The van der Waals surface area contributed by atoms with Gasteiger partial charge < -0.3 is 19.7 Å². The molecule has 7 nitrogen and oxygen atoms in total. The van der Waals surface area contributed by atoms with Crippen LogP contribution in [0.1, 0.15) is 64.1 Å². The number of hydrogen-bond donors (Lipinski definition) is 1. The van der Waals surface area contributed by atoms with Crippen molar-refractivity contribution in [2.75, 3.05) is 37.1 Å². The highest BCUT2D eigenvalue weighted by Gasteiger charge is 2.54. The first-order chi connectivity index (χ1) is 16.5. The van der Waals surface area contributed by atoms with Crippen LogP contribution in [0.25, 0.3) is 0 Å². The van der Waals surface area contributed by atoms with Gasteiger partial charge in [-0.1, -0.05) is 33.3 Å². The van der Waals surface area contributed by atoms with Crippen molar-refractivity contribution in [1.82, 2.24) is 9.97 Å². The van der Waals surface area contributed by atoms with Crippen LogP contribution in [0.4, 0.5) is 17.2 Å². The second-order valence-electron chi connectivity index (χ2n) is 9.98. The molecule has 0 radical (unpaired) electrons. The highest BCUT2D eigenvalue weighted by Crippen LogP contribution is 2.49. The van der Waals surface area contributed by atoms with E-state index in [2.05, 4.69) is 42.0 Å². The Morgan fingerprint density at radius 3 is 2.59 bits per heavy atom. The fourth-order valence-electron chi connectivity index (χ4n) is 4.83. The number of carbonyl (C=O) groups is 1. The summed E-state index contributed by atoms with van der Waals surface area (Å²) in [5, 5.41) is 3.56. The van der Waals surface area contributed by atoms with Gasteiger partial charge in [-0.25, -0.2) is 4.98 Å². The number of aryl methyl sites for hydroxylation is 1. The van der Waals surface area contributed by atoms with Crippen LogP contribution < -0.4 is 10.2 Å². The predicted octanol–water partition coefficient (Wildman–Crippen LogP) is 5.02. The molecule has 2 fully saturated rings. The van der Waals surface area contributed by atoms with E-state index in [0.29, 0.717) is 12.0 Å². The maximum Gasteiger partial charge on any atom is 0.317 e. The van der Waals surface area contributed by atoms with Crippen LogP contribution in [0.2, 0.25) is 0 Å². The summed E-state index contributed by atoms with van der Waals surface area (Å²) in [5.74, 6) is 1.08. The van der Waals surface area contributed by atoms with Gasteiger partial charge >= 0.3 is 5.97 Å². The van der Waals surface area contributed by atoms with Crippen LogP contribution in [0.5, 0.6) is 0 Å². The zero-order chi connectivity index (χ0) is 24.1. The number of nitrogens with one attached hydrogen (secondary N) is 1. The fourth-order valence-corrected chi connectivity index (χ4v) is 4.83. The number of nitrogens with zero attached hydrogens (tertiary/aromatic N) is 3. The monoisotopic (exact) mass is 466 g/mol. The Morgan fingerprint density at radius 2 is 2.00 bits per heavy atom. The van der Waals surface area contributed by atoms with Crippen LogP contribution in [-0.2, 0) is 26.1 Å². The van der Waals surface area contributed by atoms with E-state index in [1.165, 1.54) is 12.7 Å². The Bertz CT molecular complexity index is 966. The molecular weight excluding hydrogens is 428 g/mol. The molecule has 0 unspecified atom stereocenters. The molecule has 1 aliphatic carbocycles. The molecule has 0 atom stereocenters. The Labute approximate surface area is 203 Å². The van der Waals surface area contributed by atoms with Gasteiger partial charge in [0.25, 0.3) is 0 Å². The van der Waals surface area contributed by atoms with E-state index in [9.17, 15) is 4.79 Å². The number of methoxy groups -OCH3 is 1. The highest BCUT2D eigenvalue weighted by atomic mass is 16.5. The molecule has 3 heterocycles. The van der Waals surface area contributed by atoms with E-state index in [0.717, 1.165) is 81.2 Å². The SMILES string of the molecule is CCCc1ccc(Nc2cc(C3(C(=O)OC)CC3)ncc2N(CC(C)C)C2CCOCC2)nc1. The van der Waals surface area contributed by atoms with Gasteiger partial charge in [-0.3, -0.25) is 9.78 Å². The number of carbonyl (C=O) groups excluding carboxylic acids is 1. The highest BCUT2D eigenvalue weighted by molar-refractivity contribution is 5.87. The topological polar surface area (TPSA) is 76.6 Å². The third-order valence-electron chi connectivity index (χ3n) is 6.83. The first-order valence-corrected chi connectivity index (χ1v) is 12.6. The molecule has 0 spiro atoms. The summed E-state index contributed by atoms with van der Waals surface area (Å²) in [6, 6.07) is 6.58. The number of rotatable bonds is 10. The van der Waals surface area contributed by atoms with Gasteiger partial charge in [0.05, 0.1) is 30.4 Å². The van der Waals surface area contributed by atoms with Crippen LogP contribution in [-0.4, -0.2) is 48.8 Å². The maximum atomic E-state index is 12.6. The Kier molecular flexibility index (Phi) is 7.71. The van der Waals surface area contributed by atoms with E-state index in [4.69, 9.17) is 14.5 Å². The maximum absolute atomic E-state index is 12.6. The van der Waals surface area contributed by atoms with Crippen LogP contribution in [0.3, 0.4) is 0 Å². The molecule has 1 aliphatic heterocycles. The minimum atomic E-state index is -0.621. The second-order valence-corrected chi connectivity index (χ2v) is 9.98. The van der Waals surface area contributed by atoms with Gasteiger partial charge in [0.1, 0.15) is 11.2 Å². The number of aromatic nitrogens is 2. The lowest BCUT2D eigenvalue weighted by molar-refractivity contribution is -0.143. The lowest BCUT2D eigenvalue weighted by Gasteiger charge is -2.38. The van der Waals surface area contributed by atoms with Crippen molar-refractivity contribution in [1.29, 1.82) is 0 Å². The predicted molar refractivity (Wildman–Crippen MR) is 135 cm³/mol. The van der Waals surface area contributed by atoms with Gasteiger partial charge in [0, 0.05) is 32.0 Å². The summed E-state index contributed by atoms with van der Waals surface area (Å²) in [4.78, 5) is 24.5. The van der Waals surface area contributed by atoms with Gasteiger partial charge in [-0.2, -0.15) is 0 Å². The number of ether oxygens (including phenoxy) is 2. The molecule has 34 heavy (non-hydrogen) atoms. The Hall–Kier alpha value is -2.67. The second kappa shape index (κ2) is 10.7. The van der Waals surface area contributed by atoms with Crippen LogP contribution >= 0.6 is 0 Å². The number of anilines is 3. The summed E-state index contributed by atoms with van der Waals surface area (Å²) in [6.45, 7) is 9.13. The van der Waals surface area contributed by atoms with E-state index in [1.54, 1.807) is 0 Å². The first-order valence-electron chi connectivity index (χ1n) is 12.6. The number of esters is 1. The normalized spacial score (nSPS) is 17.4. The third kappa shape index (κ3) is 5.35. The molecule has 1 saturated heterocycles. The molecular formula is C27H38N4O3. The quantitative estimate of drug-likeness (QED) is 0.493. The van der Waals surface area contributed by atoms with Crippen molar-refractivity contribution < 1.29 is 14.3 Å². The fraction of sp³-hybridized carbons (Fsp3) is 0.593. The lowest BCUT2D eigenvalue weighted by atomic mass is 9.99. The molecule has 0 aromatic carbocycles. The van der Waals surface area contributed by atoms with Crippen LogP contribution in [0.15, 0.2) is 30.6 Å². The molecule has 2 aromatic rings. The molecule has 0 amide bonds. The molecule has 4 rings (SSSR count). The smallest absolute Gasteiger partial charge is 0.317 e. The molecule has 184 valence electrons. The van der Waals surface area contributed by atoms with E-state index in [1.807, 2.05) is 24.5 Å². The van der Waals surface area contributed by atoms with Crippen molar-refractivity contribution in [3.63, 3.8) is 0 Å². The minimum absolute atomic E-state index is 0.204. The van der Waals surface area contributed by atoms with E-state index in [-0.39, 0.29) is 5.97 Å². The number of hydrogen-bond acceptors (Lipinski definition) is 7. The van der Waals surface area contributed by atoms with Gasteiger partial charge in [0.2, 0.25) is 0 Å². The molecule has 2 aromatic heterocycles. The van der Waals surface area contributed by atoms with Gasteiger partial charge in [0.15, 0.2) is 0 Å². The lowest BCUT2D eigenvalue weighted by Crippen LogP contribution is -2.42. The Morgan fingerprint density at radius 1 is 1.24 bits per heavy atom. The zero-order valence-corrected chi connectivity index (χ0v) is 21.0. The van der Waals surface area contributed by atoms with Crippen molar-refractivity contribution in [2.45, 2.75) is 70.8 Å². The third-order valence-corrected chi connectivity index (χ3v) is 6.83. The van der Waals surface area contributed by atoms with Crippen molar-refractivity contribution in [2.24, 2.45) is 5.92 Å². The molecule has 7 heteroatoms. The van der Waals surface area contributed by atoms with Crippen molar-refractivity contribution in [3.05, 3.63) is 41.9 Å². The van der Waals surface area contributed by atoms with Gasteiger partial charge in [-0.05, 0) is 55.7 Å². The minimum Gasteiger partial charge on any atom is -0.468 e. The summed E-state index contributed by atoms with van der Waals surface area (Å²) in [7, 11) is 1.45. The Balaban J connectivity index is 1.72.